The van der Waals surface area contributed by atoms with Crippen LogP contribution in [0.15, 0.2) is 29.3 Å². The summed E-state index contributed by atoms with van der Waals surface area (Å²) in [7, 11) is 1.79. The Morgan fingerprint density at radius 2 is 2.04 bits per heavy atom. The summed E-state index contributed by atoms with van der Waals surface area (Å²) in [5.41, 5.74) is 2.36. The lowest BCUT2D eigenvalue weighted by Crippen LogP contribution is -2.45. The van der Waals surface area contributed by atoms with Crippen molar-refractivity contribution in [3.8, 4) is 0 Å². The molecule has 6 heteroatoms. The molecule has 24 heavy (non-hydrogen) atoms. The molecule has 1 aromatic rings. The maximum absolute atomic E-state index is 5.80. The Kier molecular flexibility index (Phi) is 9.61. The number of hydrogen-bond donors (Lipinski definition) is 2. The van der Waals surface area contributed by atoms with Gasteiger partial charge in [-0.3, -0.25) is 4.99 Å². The third-order valence-corrected chi connectivity index (χ3v) is 4.18. The van der Waals surface area contributed by atoms with Crippen molar-refractivity contribution in [1.82, 2.24) is 10.6 Å². The minimum absolute atomic E-state index is 0. The van der Waals surface area contributed by atoms with E-state index in [9.17, 15) is 0 Å². The third kappa shape index (κ3) is 6.57. The highest BCUT2D eigenvalue weighted by Crippen LogP contribution is 2.23. The maximum atomic E-state index is 5.80. The van der Waals surface area contributed by atoms with E-state index >= 15 is 0 Å². The molecule has 136 valence electrons. The molecule has 2 rings (SSSR count). The van der Waals surface area contributed by atoms with E-state index in [1.54, 1.807) is 7.05 Å². The quantitative estimate of drug-likeness (QED) is 0.383. The number of nitrogens with one attached hydrogen (secondary N) is 2. The smallest absolute Gasteiger partial charge is 0.191 e. The van der Waals surface area contributed by atoms with Gasteiger partial charge in [0.05, 0.1) is 12.2 Å². The molecule has 0 amide bonds. The van der Waals surface area contributed by atoms with Gasteiger partial charge < -0.3 is 20.1 Å². The molecule has 1 aromatic carbocycles. The maximum Gasteiger partial charge on any atom is 0.191 e. The van der Waals surface area contributed by atoms with Crippen LogP contribution >= 0.6 is 24.0 Å². The molecule has 0 bridgehead atoms. The van der Waals surface area contributed by atoms with Crippen molar-refractivity contribution in [2.24, 2.45) is 4.99 Å². The second kappa shape index (κ2) is 10.9. The third-order valence-electron chi connectivity index (χ3n) is 4.18. The van der Waals surface area contributed by atoms with Crippen molar-refractivity contribution < 1.29 is 9.47 Å². The number of benzene rings is 1. The zero-order valence-electron chi connectivity index (χ0n) is 14.9. The van der Waals surface area contributed by atoms with Crippen LogP contribution in [0, 0.1) is 0 Å². The first kappa shape index (κ1) is 21.2. The molecule has 1 aliphatic heterocycles. The van der Waals surface area contributed by atoms with E-state index in [2.05, 4.69) is 40.7 Å². The normalized spacial score (nSPS) is 20.5. The van der Waals surface area contributed by atoms with Crippen molar-refractivity contribution >= 4 is 29.9 Å². The second-order valence-corrected chi connectivity index (χ2v) is 6.09. The summed E-state index contributed by atoms with van der Waals surface area (Å²) in [6, 6.07) is 8.32. The monoisotopic (exact) mass is 447 g/mol. The molecule has 1 saturated heterocycles. The van der Waals surface area contributed by atoms with Crippen LogP contribution in [0.2, 0.25) is 0 Å². The number of guanidine groups is 1. The molecule has 1 atom stereocenters. The summed E-state index contributed by atoms with van der Waals surface area (Å²) in [5, 5.41) is 6.74. The second-order valence-electron chi connectivity index (χ2n) is 6.09. The lowest BCUT2D eigenvalue weighted by atomic mass is 10.0. The van der Waals surface area contributed by atoms with E-state index < -0.39 is 0 Å². The van der Waals surface area contributed by atoms with E-state index in [4.69, 9.17) is 9.47 Å². The number of rotatable bonds is 7. The van der Waals surface area contributed by atoms with Crippen molar-refractivity contribution in [2.75, 3.05) is 26.8 Å². The summed E-state index contributed by atoms with van der Waals surface area (Å²) in [6.45, 7) is 7.88. The summed E-state index contributed by atoms with van der Waals surface area (Å²) in [6.07, 6.45) is 2.23. The summed E-state index contributed by atoms with van der Waals surface area (Å²) in [4.78, 5) is 4.29. The summed E-state index contributed by atoms with van der Waals surface area (Å²) in [5.74, 6) is 0.799. The first-order chi connectivity index (χ1) is 11.2. The molecule has 0 saturated carbocycles. The molecule has 0 radical (unpaired) electrons. The summed E-state index contributed by atoms with van der Waals surface area (Å²) >= 11 is 0. The average Bonchev–Trinajstić information content (AvgIpc) is 3.01. The minimum Gasteiger partial charge on any atom is -0.377 e. The summed E-state index contributed by atoms with van der Waals surface area (Å²) < 4.78 is 11.3. The van der Waals surface area contributed by atoms with Gasteiger partial charge in [-0.25, -0.2) is 0 Å². The Morgan fingerprint density at radius 3 is 2.67 bits per heavy atom. The molecule has 1 fully saturated rings. The van der Waals surface area contributed by atoms with Crippen LogP contribution in [0.4, 0.5) is 0 Å². The minimum atomic E-state index is -0.0789. The molecular weight excluding hydrogens is 417 g/mol. The molecule has 0 aromatic heterocycles. The van der Waals surface area contributed by atoms with Crippen LogP contribution in [0.1, 0.15) is 37.8 Å². The topological polar surface area (TPSA) is 54.9 Å². The molecule has 1 heterocycles. The Hall–Kier alpha value is -0.860. The Morgan fingerprint density at radius 1 is 1.29 bits per heavy atom. The molecule has 1 unspecified atom stereocenters. The number of nitrogens with zero attached hydrogens (tertiary/aromatic N) is 1. The van der Waals surface area contributed by atoms with Gasteiger partial charge in [-0.15, -0.1) is 24.0 Å². The van der Waals surface area contributed by atoms with E-state index in [1.807, 2.05) is 13.0 Å². The Labute approximate surface area is 162 Å². The van der Waals surface area contributed by atoms with Crippen LogP contribution in [-0.4, -0.2) is 38.4 Å². The number of halogens is 1. The van der Waals surface area contributed by atoms with Crippen LogP contribution < -0.4 is 10.6 Å². The molecule has 5 nitrogen and oxygen atoms in total. The van der Waals surface area contributed by atoms with Gasteiger partial charge in [-0.2, -0.15) is 0 Å². The van der Waals surface area contributed by atoms with Crippen molar-refractivity contribution in [3.63, 3.8) is 0 Å². The van der Waals surface area contributed by atoms with Gasteiger partial charge in [0.2, 0.25) is 0 Å². The van der Waals surface area contributed by atoms with E-state index in [-0.39, 0.29) is 29.6 Å². The van der Waals surface area contributed by atoms with E-state index in [0.29, 0.717) is 6.61 Å². The fourth-order valence-corrected chi connectivity index (χ4v) is 2.73. The average molecular weight is 447 g/mol. The first-order valence-electron chi connectivity index (χ1n) is 8.40. The number of ether oxygens (including phenoxy) is 2. The Bertz CT molecular complexity index is 517. The van der Waals surface area contributed by atoms with Gasteiger partial charge in [0, 0.05) is 33.4 Å². The molecule has 0 spiro atoms. The van der Waals surface area contributed by atoms with Gasteiger partial charge in [0.25, 0.3) is 0 Å². The Balaban J connectivity index is 0.00000288. The number of aliphatic imine (C=N–C) groups is 1. The van der Waals surface area contributed by atoms with Crippen LogP contribution in [-0.2, 0) is 22.6 Å². The fourth-order valence-electron chi connectivity index (χ4n) is 2.73. The predicted octanol–water partition coefficient (Wildman–Crippen LogP) is 3.08. The van der Waals surface area contributed by atoms with Gasteiger partial charge in [0.15, 0.2) is 5.96 Å². The van der Waals surface area contributed by atoms with Crippen molar-refractivity contribution in [2.45, 2.75) is 45.4 Å². The van der Waals surface area contributed by atoms with Crippen LogP contribution in [0.3, 0.4) is 0 Å². The van der Waals surface area contributed by atoms with Gasteiger partial charge >= 0.3 is 0 Å². The highest BCUT2D eigenvalue weighted by atomic mass is 127. The SMILES string of the molecule is CCOCc1ccccc1CNC(=NC)NCC1(C)CCCO1.I. The van der Waals surface area contributed by atoms with Gasteiger partial charge in [-0.05, 0) is 37.8 Å². The highest BCUT2D eigenvalue weighted by molar-refractivity contribution is 14.0. The molecule has 1 aliphatic rings. The van der Waals surface area contributed by atoms with Crippen LogP contribution in [0.5, 0.6) is 0 Å². The standard InChI is InChI=1S/C18H29N3O2.HI/c1-4-22-13-16-9-6-5-8-15(16)12-20-17(19-3)21-14-18(2)10-7-11-23-18;/h5-6,8-9H,4,7,10-14H2,1-3H3,(H2,19,20,21);1H. The van der Waals surface area contributed by atoms with Crippen molar-refractivity contribution in [3.05, 3.63) is 35.4 Å². The van der Waals surface area contributed by atoms with Crippen molar-refractivity contribution in [1.29, 1.82) is 0 Å². The zero-order chi connectivity index (χ0) is 16.5. The zero-order valence-corrected chi connectivity index (χ0v) is 17.3. The van der Waals surface area contributed by atoms with E-state index in [0.717, 1.165) is 45.1 Å². The lowest BCUT2D eigenvalue weighted by molar-refractivity contribution is 0.0243. The molecule has 0 aliphatic carbocycles. The van der Waals surface area contributed by atoms with Crippen LogP contribution in [0.25, 0.3) is 0 Å². The molecular formula is C18H30IN3O2. The first-order valence-corrected chi connectivity index (χ1v) is 8.40. The van der Waals surface area contributed by atoms with E-state index in [1.165, 1.54) is 11.1 Å². The number of hydrogen-bond acceptors (Lipinski definition) is 3. The molecule has 2 N–H and O–H groups in total. The van der Waals surface area contributed by atoms with Gasteiger partial charge in [0.1, 0.15) is 0 Å². The fraction of sp³-hybridized carbons (Fsp3) is 0.611. The van der Waals surface area contributed by atoms with Gasteiger partial charge in [-0.1, -0.05) is 24.3 Å². The highest BCUT2D eigenvalue weighted by Gasteiger charge is 2.29. The lowest BCUT2D eigenvalue weighted by Gasteiger charge is -2.24. The predicted molar refractivity (Wildman–Crippen MR) is 109 cm³/mol. The largest absolute Gasteiger partial charge is 0.377 e.